The summed E-state index contributed by atoms with van der Waals surface area (Å²) in [6.07, 6.45) is 1.09. The summed E-state index contributed by atoms with van der Waals surface area (Å²) in [5.74, 6) is 0. The Hall–Kier alpha value is -0.860. The number of rotatable bonds is 7. The Labute approximate surface area is 105 Å². The zero-order valence-corrected chi connectivity index (χ0v) is 11.5. The van der Waals surface area contributed by atoms with Gasteiger partial charge < -0.3 is 10.1 Å². The average Bonchev–Trinajstić information content (AvgIpc) is 2.29. The average molecular weight is 235 g/mol. The maximum Gasteiger partial charge on any atom is 0.0467 e. The minimum absolute atomic E-state index is 0.290. The lowest BCUT2D eigenvalue weighted by atomic mass is 9.89. The molecular weight excluding hydrogens is 210 g/mol. The quantitative estimate of drug-likeness (QED) is 0.784. The van der Waals surface area contributed by atoms with Gasteiger partial charge in [-0.1, -0.05) is 38.1 Å². The summed E-state index contributed by atoms with van der Waals surface area (Å²) in [7, 11) is 1.76. The third-order valence-electron chi connectivity index (χ3n) is 3.16. The molecule has 0 aliphatic heterocycles. The van der Waals surface area contributed by atoms with Gasteiger partial charge in [-0.3, -0.25) is 0 Å². The predicted octanol–water partition coefficient (Wildman–Crippen LogP) is 3.15. The second-order valence-electron chi connectivity index (χ2n) is 5.44. The van der Waals surface area contributed by atoms with Gasteiger partial charge in [0, 0.05) is 26.8 Å². The number of methoxy groups -OCH3 is 1. The van der Waals surface area contributed by atoms with Crippen molar-refractivity contribution in [2.75, 3.05) is 20.3 Å². The van der Waals surface area contributed by atoms with Crippen LogP contribution in [0.3, 0.4) is 0 Å². The van der Waals surface area contributed by atoms with Gasteiger partial charge in [0.15, 0.2) is 0 Å². The standard InChI is InChI=1S/C15H25NO/c1-13-7-5-6-8-14(13)11-16-12-15(2,3)9-10-17-4/h5-8,16H,9-12H2,1-4H3. The number of hydrogen-bond acceptors (Lipinski definition) is 2. The van der Waals surface area contributed by atoms with E-state index in [4.69, 9.17) is 4.74 Å². The smallest absolute Gasteiger partial charge is 0.0467 e. The van der Waals surface area contributed by atoms with Crippen LogP contribution in [0.4, 0.5) is 0 Å². The highest BCUT2D eigenvalue weighted by Gasteiger charge is 2.16. The fraction of sp³-hybridized carbons (Fsp3) is 0.600. The third-order valence-corrected chi connectivity index (χ3v) is 3.16. The molecule has 96 valence electrons. The predicted molar refractivity (Wildman–Crippen MR) is 73.2 cm³/mol. The Morgan fingerprint density at radius 1 is 1.24 bits per heavy atom. The number of hydrogen-bond donors (Lipinski definition) is 1. The molecule has 1 N–H and O–H groups in total. The van der Waals surface area contributed by atoms with Crippen LogP contribution in [0.2, 0.25) is 0 Å². The van der Waals surface area contributed by atoms with Gasteiger partial charge in [0.05, 0.1) is 0 Å². The monoisotopic (exact) mass is 235 g/mol. The van der Waals surface area contributed by atoms with Crippen molar-refractivity contribution in [3.63, 3.8) is 0 Å². The first kappa shape index (κ1) is 14.2. The van der Waals surface area contributed by atoms with Crippen LogP contribution in [-0.2, 0) is 11.3 Å². The summed E-state index contributed by atoms with van der Waals surface area (Å²) in [5, 5.41) is 3.54. The van der Waals surface area contributed by atoms with Gasteiger partial charge in [0.1, 0.15) is 0 Å². The molecule has 1 rings (SSSR count). The van der Waals surface area contributed by atoms with Gasteiger partial charge in [-0.2, -0.15) is 0 Å². The minimum atomic E-state index is 0.290. The first-order valence-corrected chi connectivity index (χ1v) is 6.29. The van der Waals surface area contributed by atoms with E-state index in [2.05, 4.69) is 50.4 Å². The molecule has 0 fully saturated rings. The Morgan fingerprint density at radius 3 is 2.59 bits per heavy atom. The van der Waals surface area contributed by atoms with E-state index in [0.717, 1.165) is 26.1 Å². The maximum atomic E-state index is 5.13. The third kappa shape index (κ3) is 5.33. The van der Waals surface area contributed by atoms with E-state index >= 15 is 0 Å². The van der Waals surface area contributed by atoms with Crippen molar-refractivity contribution >= 4 is 0 Å². The normalized spacial score (nSPS) is 11.8. The van der Waals surface area contributed by atoms with Crippen LogP contribution >= 0.6 is 0 Å². The number of aryl methyl sites for hydroxylation is 1. The van der Waals surface area contributed by atoms with Crippen LogP contribution in [0.5, 0.6) is 0 Å². The van der Waals surface area contributed by atoms with E-state index in [-0.39, 0.29) is 0 Å². The lowest BCUT2D eigenvalue weighted by molar-refractivity contribution is 0.150. The van der Waals surface area contributed by atoms with Crippen molar-refractivity contribution in [3.05, 3.63) is 35.4 Å². The van der Waals surface area contributed by atoms with Crippen molar-refractivity contribution < 1.29 is 4.74 Å². The van der Waals surface area contributed by atoms with Crippen LogP contribution in [0.25, 0.3) is 0 Å². The van der Waals surface area contributed by atoms with Crippen LogP contribution in [0, 0.1) is 12.3 Å². The number of ether oxygens (including phenoxy) is 1. The Balaban J connectivity index is 2.35. The van der Waals surface area contributed by atoms with Gasteiger partial charge in [0.25, 0.3) is 0 Å². The lowest BCUT2D eigenvalue weighted by Crippen LogP contribution is -2.30. The largest absolute Gasteiger partial charge is 0.385 e. The van der Waals surface area contributed by atoms with E-state index in [9.17, 15) is 0 Å². The zero-order valence-electron chi connectivity index (χ0n) is 11.5. The summed E-state index contributed by atoms with van der Waals surface area (Å²) in [6, 6.07) is 8.53. The molecule has 0 aromatic heterocycles. The maximum absolute atomic E-state index is 5.13. The SMILES string of the molecule is COCCC(C)(C)CNCc1ccccc1C. The molecule has 2 heteroatoms. The van der Waals surface area contributed by atoms with Gasteiger partial charge in [-0.25, -0.2) is 0 Å². The van der Waals surface area contributed by atoms with Crippen molar-refractivity contribution in [1.82, 2.24) is 5.32 Å². The highest BCUT2D eigenvalue weighted by atomic mass is 16.5. The second-order valence-corrected chi connectivity index (χ2v) is 5.44. The Morgan fingerprint density at radius 2 is 1.94 bits per heavy atom. The number of benzene rings is 1. The molecule has 0 unspecified atom stereocenters. The first-order valence-electron chi connectivity index (χ1n) is 6.29. The van der Waals surface area contributed by atoms with Gasteiger partial charge in [-0.15, -0.1) is 0 Å². The van der Waals surface area contributed by atoms with E-state index in [1.54, 1.807) is 7.11 Å². The minimum Gasteiger partial charge on any atom is -0.385 e. The molecule has 0 aliphatic carbocycles. The van der Waals surface area contributed by atoms with E-state index < -0.39 is 0 Å². The van der Waals surface area contributed by atoms with Crippen molar-refractivity contribution in [2.45, 2.75) is 33.7 Å². The summed E-state index contributed by atoms with van der Waals surface area (Å²) in [4.78, 5) is 0. The fourth-order valence-corrected chi connectivity index (χ4v) is 1.81. The second kappa shape index (κ2) is 6.77. The van der Waals surface area contributed by atoms with Crippen molar-refractivity contribution in [2.24, 2.45) is 5.41 Å². The molecule has 1 aromatic rings. The van der Waals surface area contributed by atoms with Crippen molar-refractivity contribution in [1.29, 1.82) is 0 Å². The van der Waals surface area contributed by atoms with E-state index in [1.807, 2.05) is 0 Å². The lowest BCUT2D eigenvalue weighted by Gasteiger charge is -2.24. The molecule has 0 amide bonds. The fourth-order valence-electron chi connectivity index (χ4n) is 1.81. The first-order chi connectivity index (χ1) is 8.05. The highest BCUT2D eigenvalue weighted by molar-refractivity contribution is 5.25. The molecule has 0 bridgehead atoms. The summed E-state index contributed by atoms with van der Waals surface area (Å²) < 4.78 is 5.13. The van der Waals surface area contributed by atoms with Crippen LogP contribution < -0.4 is 5.32 Å². The highest BCUT2D eigenvalue weighted by Crippen LogP contribution is 2.19. The molecule has 17 heavy (non-hydrogen) atoms. The van der Waals surface area contributed by atoms with E-state index in [1.165, 1.54) is 11.1 Å². The molecule has 0 aliphatic rings. The van der Waals surface area contributed by atoms with E-state index in [0.29, 0.717) is 5.41 Å². The zero-order chi connectivity index (χ0) is 12.7. The van der Waals surface area contributed by atoms with Gasteiger partial charge in [0.2, 0.25) is 0 Å². The Kier molecular flexibility index (Phi) is 5.66. The summed E-state index contributed by atoms with van der Waals surface area (Å²) >= 11 is 0. The number of nitrogens with one attached hydrogen (secondary N) is 1. The molecule has 0 spiro atoms. The molecule has 0 saturated heterocycles. The Bertz CT molecular complexity index is 333. The molecule has 2 nitrogen and oxygen atoms in total. The molecule has 0 atom stereocenters. The van der Waals surface area contributed by atoms with Crippen LogP contribution in [0.1, 0.15) is 31.4 Å². The summed E-state index contributed by atoms with van der Waals surface area (Å²) in [5.41, 5.74) is 3.03. The molecule has 0 radical (unpaired) electrons. The van der Waals surface area contributed by atoms with Gasteiger partial charge in [-0.05, 0) is 29.9 Å². The summed E-state index contributed by atoms with van der Waals surface area (Å²) in [6.45, 7) is 9.51. The molecular formula is C15H25NO. The topological polar surface area (TPSA) is 21.3 Å². The molecule has 1 aromatic carbocycles. The van der Waals surface area contributed by atoms with Crippen LogP contribution in [0.15, 0.2) is 24.3 Å². The van der Waals surface area contributed by atoms with Gasteiger partial charge >= 0.3 is 0 Å². The van der Waals surface area contributed by atoms with Crippen LogP contribution in [-0.4, -0.2) is 20.3 Å². The molecule has 0 saturated carbocycles. The molecule has 0 heterocycles. The van der Waals surface area contributed by atoms with Crippen molar-refractivity contribution in [3.8, 4) is 0 Å².